The van der Waals surface area contributed by atoms with Crippen LogP contribution in [0.2, 0.25) is 0 Å². The lowest BCUT2D eigenvalue weighted by atomic mass is 9.41. The third kappa shape index (κ3) is 0.846. The lowest BCUT2D eigenvalue weighted by molar-refractivity contribution is -0.109. The third-order valence-electron chi connectivity index (χ3n) is 5.80. The first-order valence-corrected chi connectivity index (χ1v) is 6.89. The molecule has 104 valence electrons. The number of hydrogen-bond acceptors (Lipinski definition) is 2. The highest BCUT2D eigenvalue weighted by atomic mass is 16.2. The summed E-state index contributed by atoms with van der Waals surface area (Å²) in [6.45, 7) is 8.02. The van der Waals surface area contributed by atoms with Gasteiger partial charge in [-0.2, -0.15) is 0 Å². The Morgan fingerprint density at radius 2 is 1.45 bits per heavy atom. The molecular formula is C15H17N3O2. The Morgan fingerprint density at radius 1 is 1.05 bits per heavy atom. The van der Waals surface area contributed by atoms with Crippen LogP contribution in [-0.2, 0) is 7.05 Å². The van der Waals surface area contributed by atoms with E-state index in [2.05, 4.69) is 13.2 Å². The summed E-state index contributed by atoms with van der Waals surface area (Å²) in [5, 5.41) is 0. The molecule has 1 aromatic heterocycles. The Balaban J connectivity index is 2.15. The molecule has 3 heterocycles. The van der Waals surface area contributed by atoms with Gasteiger partial charge in [0.05, 0.1) is 12.1 Å². The van der Waals surface area contributed by atoms with E-state index in [-0.39, 0.29) is 34.3 Å². The molecule has 2 aliphatic heterocycles. The quantitative estimate of drug-likeness (QED) is 0.758. The van der Waals surface area contributed by atoms with Crippen LogP contribution in [0.4, 0.5) is 0 Å². The zero-order chi connectivity index (χ0) is 14.3. The van der Waals surface area contributed by atoms with Crippen molar-refractivity contribution >= 4 is 0 Å². The minimum Gasteiger partial charge on any atom is -0.246 e. The molecule has 5 heteroatoms. The Hall–Kier alpha value is -2.04. The zero-order valence-electron chi connectivity index (χ0n) is 11.5. The van der Waals surface area contributed by atoms with Crippen molar-refractivity contribution < 1.29 is 0 Å². The van der Waals surface area contributed by atoms with Gasteiger partial charge in [-0.3, -0.25) is 0 Å². The molecule has 4 aliphatic rings. The highest BCUT2D eigenvalue weighted by molar-refractivity contribution is 5.36. The second-order valence-corrected chi connectivity index (χ2v) is 6.08. The number of allylic oxidation sites excluding steroid dienone is 4. The van der Waals surface area contributed by atoms with Crippen LogP contribution in [0.3, 0.4) is 0 Å². The number of nitrogens with zero attached hydrogens (tertiary/aromatic N) is 3. The van der Waals surface area contributed by atoms with Crippen LogP contribution in [0.15, 0.2) is 47.1 Å². The molecule has 0 aromatic carbocycles. The van der Waals surface area contributed by atoms with Crippen molar-refractivity contribution in [3.05, 3.63) is 58.4 Å². The van der Waals surface area contributed by atoms with Crippen LogP contribution in [0.1, 0.15) is 24.9 Å². The molecule has 2 bridgehead atoms. The molecule has 0 N–H and O–H groups in total. The maximum atomic E-state index is 12.4. The van der Waals surface area contributed by atoms with E-state index < -0.39 is 0 Å². The smallest absolute Gasteiger partial charge is 0.246 e. The van der Waals surface area contributed by atoms with Crippen molar-refractivity contribution in [3.8, 4) is 0 Å². The van der Waals surface area contributed by atoms with E-state index in [4.69, 9.17) is 0 Å². The fourth-order valence-electron chi connectivity index (χ4n) is 4.61. The van der Waals surface area contributed by atoms with Gasteiger partial charge >= 0.3 is 11.4 Å². The van der Waals surface area contributed by atoms with Gasteiger partial charge in [-0.15, -0.1) is 13.2 Å². The first-order valence-electron chi connectivity index (χ1n) is 6.89. The van der Waals surface area contributed by atoms with Crippen molar-refractivity contribution in [1.82, 2.24) is 13.9 Å². The van der Waals surface area contributed by atoms with E-state index in [0.29, 0.717) is 0 Å². The number of aromatic nitrogens is 3. The molecule has 20 heavy (non-hydrogen) atoms. The van der Waals surface area contributed by atoms with Gasteiger partial charge < -0.3 is 0 Å². The molecular weight excluding hydrogens is 254 g/mol. The molecule has 0 spiro atoms. The van der Waals surface area contributed by atoms with Crippen LogP contribution >= 0.6 is 0 Å². The summed E-state index contributed by atoms with van der Waals surface area (Å²) < 4.78 is 4.40. The highest BCUT2D eigenvalue weighted by Crippen LogP contribution is 2.72. The standard InChI is InChI=1S/C15H17N3O2/c1-4-14-8-9-15(14,5-2)11-7-6-10(14)17-12(19)16(3)13(20)18(11)17/h4-7,10-11H,1-2,8-9H2,3H3/t10-,11+,14-,15+. The molecule has 4 atom stereocenters. The monoisotopic (exact) mass is 271 g/mol. The lowest BCUT2D eigenvalue weighted by Gasteiger charge is -2.67. The fraction of sp³-hybridized carbons (Fsp3) is 0.467. The summed E-state index contributed by atoms with van der Waals surface area (Å²) in [5.74, 6) is 0. The van der Waals surface area contributed by atoms with Crippen LogP contribution < -0.4 is 11.4 Å². The Labute approximate surface area is 116 Å². The maximum absolute atomic E-state index is 12.4. The van der Waals surface area contributed by atoms with E-state index in [1.807, 2.05) is 24.3 Å². The molecule has 1 fully saturated rings. The second kappa shape index (κ2) is 3.16. The average molecular weight is 271 g/mol. The fourth-order valence-corrected chi connectivity index (χ4v) is 4.61. The maximum Gasteiger partial charge on any atom is 0.347 e. The summed E-state index contributed by atoms with van der Waals surface area (Å²) in [6.07, 6.45) is 9.98. The van der Waals surface area contributed by atoms with Gasteiger partial charge in [0.2, 0.25) is 0 Å². The Morgan fingerprint density at radius 3 is 1.75 bits per heavy atom. The summed E-state index contributed by atoms with van der Waals surface area (Å²) in [7, 11) is 1.53. The lowest BCUT2D eigenvalue weighted by Crippen LogP contribution is -2.65. The first-order chi connectivity index (χ1) is 9.54. The van der Waals surface area contributed by atoms with E-state index >= 15 is 0 Å². The average Bonchev–Trinajstić information content (AvgIpc) is 2.66. The molecule has 0 radical (unpaired) electrons. The largest absolute Gasteiger partial charge is 0.347 e. The van der Waals surface area contributed by atoms with Crippen LogP contribution in [0, 0.1) is 10.8 Å². The van der Waals surface area contributed by atoms with Gasteiger partial charge in [0.1, 0.15) is 0 Å². The van der Waals surface area contributed by atoms with Gasteiger partial charge in [-0.05, 0) is 12.8 Å². The SMILES string of the molecule is C=C[C@@]12CC[C@]1(C=C)[C@H]1C=C[C@@H]2n2c(=O)n(C)c(=O)n21. The van der Waals surface area contributed by atoms with Crippen molar-refractivity contribution in [1.29, 1.82) is 0 Å². The first kappa shape index (κ1) is 11.8. The zero-order valence-corrected chi connectivity index (χ0v) is 11.5. The molecule has 0 unspecified atom stereocenters. The normalized spacial score (nSPS) is 39.9. The third-order valence-corrected chi connectivity index (χ3v) is 5.80. The van der Waals surface area contributed by atoms with Gasteiger partial charge in [0.15, 0.2) is 0 Å². The predicted molar refractivity (Wildman–Crippen MR) is 75.6 cm³/mol. The summed E-state index contributed by atoms with van der Waals surface area (Å²) >= 11 is 0. The predicted octanol–water partition coefficient (Wildman–Crippen LogP) is 1.15. The molecule has 5 rings (SSSR count). The number of hydrogen-bond donors (Lipinski definition) is 0. The van der Waals surface area contributed by atoms with E-state index in [1.165, 1.54) is 11.6 Å². The summed E-state index contributed by atoms with van der Waals surface area (Å²) in [6, 6.07) is -0.281. The van der Waals surface area contributed by atoms with Crippen LogP contribution in [0.25, 0.3) is 0 Å². The van der Waals surface area contributed by atoms with Crippen LogP contribution in [-0.4, -0.2) is 13.9 Å². The summed E-state index contributed by atoms with van der Waals surface area (Å²) in [4.78, 5) is 24.7. The molecule has 0 saturated heterocycles. The van der Waals surface area contributed by atoms with E-state index in [9.17, 15) is 9.59 Å². The van der Waals surface area contributed by atoms with Gasteiger partial charge in [-0.1, -0.05) is 24.3 Å². The van der Waals surface area contributed by atoms with E-state index in [0.717, 1.165) is 12.8 Å². The topological polar surface area (TPSA) is 48.9 Å². The van der Waals surface area contributed by atoms with Crippen molar-refractivity contribution in [2.45, 2.75) is 24.9 Å². The molecule has 1 aromatic rings. The Bertz CT molecular complexity index is 730. The molecule has 1 saturated carbocycles. The van der Waals surface area contributed by atoms with Gasteiger partial charge in [-0.25, -0.2) is 23.5 Å². The second-order valence-electron chi connectivity index (χ2n) is 6.08. The van der Waals surface area contributed by atoms with Crippen molar-refractivity contribution in [2.75, 3.05) is 0 Å². The number of rotatable bonds is 2. The molecule has 2 aliphatic carbocycles. The molecule has 0 amide bonds. The summed E-state index contributed by atoms with van der Waals surface area (Å²) in [5.41, 5.74) is -0.877. The van der Waals surface area contributed by atoms with Crippen LogP contribution in [0.5, 0.6) is 0 Å². The Kier molecular flexibility index (Phi) is 1.86. The highest BCUT2D eigenvalue weighted by Gasteiger charge is 2.68. The molecule has 5 nitrogen and oxygen atoms in total. The van der Waals surface area contributed by atoms with Gasteiger partial charge in [0, 0.05) is 17.9 Å². The minimum atomic E-state index is -0.250. The van der Waals surface area contributed by atoms with Gasteiger partial charge in [0.25, 0.3) is 0 Å². The minimum absolute atomic E-state index is 0.141. The van der Waals surface area contributed by atoms with Crippen molar-refractivity contribution in [2.24, 2.45) is 17.9 Å². The van der Waals surface area contributed by atoms with Crippen molar-refractivity contribution in [3.63, 3.8) is 0 Å². The van der Waals surface area contributed by atoms with E-state index in [1.54, 1.807) is 9.36 Å².